The number of carbonyl (C=O) groups excluding carboxylic acids is 1. The Morgan fingerprint density at radius 3 is 2.42 bits per heavy atom. The molecule has 0 N–H and O–H groups in total. The topological polar surface area (TPSA) is 47.4 Å². The standard InChI is InChI=1S/C21H25ClF3N3O2S/c1-20(2,3)30-19(29)27-11-12-28-16(17(22)26-18(28)31-4)15(27)10-7-13-5-8-14(9-6-13)21(23,24)25/h5-6,8-9,15H,7,10-12H2,1-4H3. The van der Waals surface area contributed by atoms with Gasteiger partial charge in [-0.3, -0.25) is 4.90 Å². The molecule has 3 rings (SSSR count). The quantitative estimate of drug-likeness (QED) is 0.494. The summed E-state index contributed by atoms with van der Waals surface area (Å²) < 4.78 is 46.1. The lowest BCUT2D eigenvalue weighted by atomic mass is 9.99. The summed E-state index contributed by atoms with van der Waals surface area (Å²) in [6.07, 6.45) is -1.96. The van der Waals surface area contributed by atoms with Crippen LogP contribution in [0.25, 0.3) is 0 Å². The van der Waals surface area contributed by atoms with Gasteiger partial charge in [0.2, 0.25) is 0 Å². The lowest BCUT2D eigenvalue weighted by Crippen LogP contribution is -2.44. The van der Waals surface area contributed by atoms with Gasteiger partial charge in [-0.25, -0.2) is 9.78 Å². The van der Waals surface area contributed by atoms with E-state index in [-0.39, 0.29) is 0 Å². The average Bonchev–Trinajstić information content (AvgIpc) is 3.00. The highest BCUT2D eigenvalue weighted by Gasteiger charge is 2.37. The lowest BCUT2D eigenvalue weighted by Gasteiger charge is -2.38. The number of imidazole rings is 1. The Hall–Kier alpha value is -1.87. The Bertz CT molecular complexity index is 939. The Morgan fingerprint density at radius 1 is 1.23 bits per heavy atom. The van der Waals surface area contributed by atoms with Gasteiger partial charge in [-0.05, 0) is 57.6 Å². The van der Waals surface area contributed by atoms with E-state index >= 15 is 0 Å². The molecule has 1 aromatic carbocycles. The summed E-state index contributed by atoms with van der Waals surface area (Å²) in [6.45, 7) is 6.38. The van der Waals surface area contributed by atoms with E-state index in [1.54, 1.807) is 25.7 Å². The lowest BCUT2D eigenvalue weighted by molar-refractivity contribution is -0.137. The van der Waals surface area contributed by atoms with Crippen molar-refractivity contribution in [2.24, 2.45) is 0 Å². The first kappa shape index (κ1) is 23.8. The molecule has 170 valence electrons. The van der Waals surface area contributed by atoms with Crippen LogP contribution in [0.15, 0.2) is 29.4 Å². The van der Waals surface area contributed by atoms with E-state index in [1.807, 2.05) is 10.8 Å². The first-order valence-corrected chi connectivity index (χ1v) is 11.5. The van der Waals surface area contributed by atoms with Crippen molar-refractivity contribution < 1.29 is 22.7 Å². The second-order valence-corrected chi connectivity index (χ2v) is 9.48. The fourth-order valence-corrected chi connectivity index (χ4v) is 4.56. The van der Waals surface area contributed by atoms with Crippen LogP contribution in [0.5, 0.6) is 0 Å². The number of carbonyl (C=O) groups is 1. The maximum absolute atomic E-state index is 12.9. The fraction of sp³-hybridized carbons (Fsp3) is 0.524. The highest BCUT2D eigenvalue weighted by Crippen LogP contribution is 2.38. The molecule has 0 aliphatic carbocycles. The van der Waals surface area contributed by atoms with Crippen LogP contribution < -0.4 is 0 Å². The van der Waals surface area contributed by atoms with Crippen molar-refractivity contribution >= 4 is 29.5 Å². The van der Waals surface area contributed by atoms with E-state index in [2.05, 4.69) is 4.98 Å². The van der Waals surface area contributed by atoms with E-state index in [9.17, 15) is 18.0 Å². The number of halogens is 4. The summed E-state index contributed by atoms with van der Waals surface area (Å²) in [7, 11) is 0. The maximum Gasteiger partial charge on any atom is 0.416 e. The zero-order valence-electron chi connectivity index (χ0n) is 17.8. The van der Waals surface area contributed by atoms with Gasteiger partial charge < -0.3 is 9.30 Å². The predicted octanol–water partition coefficient (Wildman–Crippen LogP) is 6.20. The zero-order valence-corrected chi connectivity index (χ0v) is 19.4. The van der Waals surface area contributed by atoms with E-state index in [0.717, 1.165) is 28.5 Å². The summed E-state index contributed by atoms with van der Waals surface area (Å²) in [6, 6.07) is 4.69. The van der Waals surface area contributed by atoms with Gasteiger partial charge in [0.05, 0.1) is 17.3 Å². The second kappa shape index (κ2) is 8.94. The average molecular weight is 476 g/mol. The molecule has 1 aromatic heterocycles. The minimum absolute atomic E-state index is 0.329. The number of aromatic nitrogens is 2. The highest BCUT2D eigenvalue weighted by atomic mass is 35.5. The molecule has 0 saturated carbocycles. The number of ether oxygens (including phenoxy) is 1. The molecule has 0 saturated heterocycles. The van der Waals surface area contributed by atoms with E-state index in [0.29, 0.717) is 31.1 Å². The van der Waals surface area contributed by atoms with Crippen molar-refractivity contribution in [3.8, 4) is 0 Å². The molecule has 1 unspecified atom stereocenters. The monoisotopic (exact) mass is 475 g/mol. The number of thioether (sulfide) groups is 1. The van der Waals surface area contributed by atoms with Crippen LogP contribution in [0.1, 0.15) is 50.1 Å². The Kier molecular flexibility index (Phi) is 6.86. The molecule has 0 radical (unpaired) electrons. The van der Waals surface area contributed by atoms with Crippen molar-refractivity contribution in [3.05, 3.63) is 46.2 Å². The second-order valence-electron chi connectivity index (χ2n) is 8.35. The van der Waals surface area contributed by atoms with Gasteiger partial charge in [-0.2, -0.15) is 13.2 Å². The minimum atomic E-state index is -4.37. The van der Waals surface area contributed by atoms with Gasteiger partial charge in [0.1, 0.15) is 5.60 Å². The van der Waals surface area contributed by atoms with E-state index in [4.69, 9.17) is 16.3 Å². The number of nitrogens with zero attached hydrogens (tertiary/aromatic N) is 3. The molecule has 1 aliphatic heterocycles. The van der Waals surface area contributed by atoms with Gasteiger partial charge in [0.15, 0.2) is 10.3 Å². The van der Waals surface area contributed by atoms with E-state index in [1.165, 1.54) is 23.9 Å². The third kappa shape index (κ3) is 5.49. The van der Waals surface area contributed by atoms with Crippen molar-refractivity contribution in [1.82, 2.24) is 14.5 Å². The SMILES string of the molecule is CSc1nc(Cl)c2n1CCN(C(=O)OC(C)(C)C)C2CCc1ccc(C(F)(F)F)cc1. The predicted molar refractivity (Wildman–Crippen MR) is 114 cm³/mol. The molecular weight excluding hydrogens is 451 g/mol. The van der Waals surface area contributed by atoms with Crippen LogP contribution >= 0.6 is 23.4 Å². The van der Waals surface area contributed by atoms with Crippen LogP contribution in [0.3, 0.4) is 0 Å². The third-order valence-corrected chi connectivity index (χ3v) is 5.94. The van der Waals surface area contributed by atoms with Gasteiger partial charge in [-0.15, -0.1) is 0 Å². The number of hydrogen-bond acceptors (Lipinski definition) is 4. The summed E-state index contributed by atoms with van der Waals surface area (Å²) in [5.74, 6) is 0. The number of hydrogen-bond donors (Lipinski definition) is 0. The number of amides is 1. The summed E-state index contributed by atoms with van der Waals surface area (Å²) in [5.41, 5.74) is 0.140. The number of aryl methyl sites for hydroxylation is 1. The van der Waals surface area contributed by atoms with Crippen LogP contribution in [0.2, 0.25) is 5.15 Å². The fourth-order valence-electron chi connectivity index (χ4n) is 3.61. The van der Waals surface area contributed by atoms with E-state index < -0.39 is 29.5 Å². The molecule has 1 aliphatic rings. The molecule has 31 heavy (non-hydrogen) atoms. The van der Waals surface area contributed by atoms with Gasteiger partial charge in [-0.1, -0.05) is 35.5 Å². The molecular formula is C21H25ClF3N3O2S. The number of alkyl halides is 3. The highest BCUT2D eigenvalue weighted by molar-refractivity contribution is 7.98. The molecule has 0 spiro atoms. The van der Waals surface area contributed by atoms with Crippen molar-refractivity contribution in [1.29, 1.82) is 0 Å². The maximum atomic E-state index is 12.9. The van der Waals surface area contributed by atoms with Crippen molar-refractivity contribution in [2.45, 2.75) is 63.1 Å². The molecule has 0 fully saturated rings. The smallest absolute Gasteiger partial charge is 0.416 e. The van der Waals surface area contributed by atoms with Gasteiger partial charge in [0.25, 0.3) is 0 Å². The summed E-state index contributed by atoms with van der Waals surface area (Å²) in [5, 5.41) is 1.10. The molecule has 5 nitrogen and oxygen atoms in total. The van der Waals surface area contributed by atoms with Crippen LogP contribution in [0.4, 0.5) is 18.0 Å². The summed E-state index contributed by atoms with van der Waals surface area (Å²) >= 11 is 7.91. The number of fused-ring (bicyclic) bond motifs is 1. The first-order chi connectivity index (χ1) is 14.4. The summed E-state index contributed by atoms with van der Waals surface area (Å²) in [4.78, 5) is 18.9. The van der Waals surface area contributed by atoms with Crippen molar-refractivity contribution in [3.63, 3.8) is 0 Å². The minimum Gasteiger partial charge on any atom is -0.444 e. The van der Waals surface area contributed by atoms with Crippen LogP contribution in [-0.4, -0.2) is 38.9 Å². The molecule has 10 heteroatoms. The normalized spacial score (nSPS) is 16.9. The molecule has 1 atom stereocenters. The third-order valence-electron chi connectivity index (χ3n) is 4.98. The first-order valence-electron chi connectivity index (χ1n) is 9.86. The number of rotatable bonds is 4. The largest absolute Gasteiger partial charge is 0.444 e. The van der Waals surface area contributed by atoms with Gasteiger partial charge >= 0.3 is 12.3 Å². The van der Waals surface area contributed by atoms with Gasteiger partial charge in [0, 0.05) is 13.1 Å². The van der Waals surface area contributed by atoms with Crippen molar-refractivity contribution in [2.75, 3.05) is 12.8 Å². The molecule has 2 aromatic rings. The molecule has 1 amide bonds. The number of benzene rings is 1. The molecule has 2 heterocycles. The molecule has 0 bridgehead atoms. The zero-order chi connectivity index (χ0) is 23.0. The van der Waals surface area contributed by atoms with Crippen LogP contribution in [-0.2, 0) is 23.9 Å². The Labute approximate surface area is 188 Å². The Balaban J connectivity index is 1.87. The van der Waals surface area contributed by atoms with Crippen LogP contribution in [0, 0.1) is 0 Å². The Morgan fingerprint density at radius 2 is 1.87 bits per heavy atom.